The maximum absolute atomic E-state index is 12.2. The molecule has 1 fully saturated rings. The fraction of sp³-hybridized carbons (Fsp3) is 0.500. The van der Waals surface area contributed by atoms with Crippen LogP contribution in [0.4, 0.5) is 0 Å². The molecule has 1 N–H and O–H groups in total. The molecule has 0 aromatic heterocycles. The lowest BCUT2D eigenvalue weighted by Crippen LogP contribution is -2.33. The molecule has 132 valence electrons. The number of ether oxygens (including phenoxy) is 2. The minimum absolute atomic E-state index is 0.0157. The number of carbonyl (C=O) groups excluding carboxylic acids is 2. The lowest BCUT2D eigenvalue weighted by atomic mass is 9.80. The van der Waals surface area contributed by atoms with Crippen LogP contribution < -0.4 is 0 Å². The van der Waals surface area contributed by atoms with Crippen molar-refractivity contribution in [3.05, 3.63) is 36.5 Å². The van der Waals surface area contributed by atoms with Crippen LogP contribution >= 0.6 is 0 Å². The van der Waals surface area contributed by atoms with E-state index in [9.17, 15) is 14.4 Å². The van der Waals surface area contributed by atoms with Gasteiger partial charge in [0.1, 0.15) is 6.10 Å². The van der Waals surface area contributed by atoms with E-state index in [1.807, 2.05) is 0 Å². The van der Waals surface area contributed by atoms with Gasteiger partial charge >= 0.3 is 17.9 Å². The van der Waals surface area contributed by atoms with E-state index in [1.165, 1.54) is 13.2 Å². The Morgan fingerprint density at radius 1 is 1.33 bits per heavy atom. The number of carboxylic acids is 1. The molecule has 1 atom stereocenters. The summed E-state index contributed by atoms with van der Waals surface area (Å²) < 4.78 is 9.61. The highest BCUT2D eigenvalue weighted by Crippen LogP contribution is 2.34. The highest BCUT2D eigenvalue weighted by Gasteiger charge is 2.37. The summed E-state index contributed by atoms with van der Waals surface area (Å²) >= 11 is 0. The first kappa shape index (κ1) is 19.7. The van der Waals surface area contributed by atoms with Gasteiger partial charge in [0, 0.05) is 11.6 Å². The molecule has 6 heteroatoms. The molecule has 2 rings (SSSR count). The molecule has 0 bridgehead atoms. The van der Waals surface area contributed by atoms with Gasteiger partial charge in [0.15, 0.2) is 0 Å². The van der Waals surface area contributed by atoms with Crippen LogP contribution in [0.2, 0.25) is 0 Å². The summed E-state index contributed by atoms with van der Waals surface area (Å²) in [5.41, 5.74) is -0.589. The van der Waals surface area contributed by atoms with Gasteiger partial charge in [0.2, 0.25) is 0 Å². The van der Waals surface area contributed by atoms with Crippen molar-refractivity contribution in [1.82, 2.24) is 0 Å². The first-order chi connectivity index (χ1) is 11.3. The van der Waals surface area contributed by atoms with Crippen LogP contribution in [-0.2, 0) is 23.9 Å². The van der Waals surface area contributed by atoms with Gasteiger partial charge in [0.05, 0.1) is 12.5 Å². The van der Waals surface area contributed by atoms with Crippen molar-refractivity contribution in [2.45, 2.75) is 45.1 Å². The highest BCUT2D eigenvalue weighted by molar-refractivity contribution is 5.90. The lowest BCUT2D eigenvalue weighted by Gasteiger charge is -2.27. The van der Waals surface area contributed by atoms with Crippen molar-refractivity contribution in [2.24, 2.45) is 5.41 Å². The minimum atomic E-state index is -0.973. The van der Waals surface area contributed by atoms with Crippen LogP contribution in [0.1, 0.15) is 39.0 Å². The van der Waals surface area contributed by atoms with E-state index in [2.05, 4.69) is 11.3 Å². The number of hydrogen-bond donors (Lipinski definition) is 1. The molecule has 0 saturated heterocycles. The summed E-state index contributed by atoms with van der Waals surface area (Å²) in [5, 5.41) is 8.98. The maximum Gasteiger partial charge on any atom is 0.331 e. The Bertz CT molecular complexity index is 554. The summed E-state index contributed by atoms with van der Waals surface area (Å²) in [6.45, 7) is 4.89. The minimum Gasteiger partial charge on any atom is -0.478 e. The molecule has 0 radical (unpaired) electrons. The third kappa shape index (κ3) is 5.68. The van der Waals surface area contributed by atoms with Crippen molar-refractivity contribution in [1.29, 1.82) is 0 Å². The Kier molecular flexibility index (Phi) is 7.42. The molecule has 0 amide bonds. The Balaban J connectivity index is 0.000000413. The van der Waals surface area contributed by atoms with Crippen LogP contribution in [0.25, 0.3) is 0 Å². The van der Waals surface area contributed by atoms with Crippen molar-refractivity contribution in [3.63, 3.8) is 0 Å². The molecule has 0 spiro atoms. The SMILES string of the molecule is C=CC(=O)OC.CC1(C(=O)OC2CCCC2)C=CC=C(C(=O)O)C1. The summed E-state index contributed by atoms with van der Waals surface area (Å²) in [6.07, 6.45) is 10.3. The van der Waals surface area contributed by atoms with Crippen LogP contribution in [0, 0.1) is 5.41 Å². The second kappa shape index (κ2) is 9.05. The summed E-state index contributed by atoms with van der Waals surface area (Å²) in [4.78, 5) is 32.9. The average molecular weight is 336 g/mol. The standard InChI is InChI=1S/C14H18O4.C4H6O2/c1-14(8-4-5-10(9-14)12(15)16)13(17)18-11-6-2-3-7-11;1-3-4(5)6-2/h4-5,8,11H,2-3,6-7,9H2,1H3,(H,15,16);3H,1H2,2H3. The number of aliphatic carboxylic acids is 1. The normalized spacial score (nSPS) is 22.7. The number of carboxylic acid groups (broad SMARTS) is 1. The number of hydrogen-bond acceptors (Lipinski definition) is 5. The van der Waals surface area contributed by atoms with Gasteiger partial charge in [-0.25, -0.2) is 9.59 Å². The van der Waals surface area contributed by atoms with Crippen LogP contribution in [0.15, 0.2) is 36.5 Å². The monoisotopic (exact) mass is 336 g/mol. The van der Waals surface area contributed by atoms with Crippen LogP contribution in [0.5, 0.6) is 0 Å². The smallest absolute Gasteiger partial charge is 0.331 e. The first-order valence-electron chi connectivity index (χ1n) is 7.85. The van der Waals surface area contributed by atoms with Gasteiger partial charge in [-0.1, -0.05) is 24.8 Å². The van der Waals surface area contributed by atoms with Gasteiger partial charge in [-0.2, -0.15) is 0 Å². The van der Waals surface area contributed by atoms with Crippen molar-refractivity contribution in [2.75, 3.05) is 7.11 Å². The molecule has 0 aromatic carbocycles. The molecule has 24 heavy (non-hydrogen) atoms. The van der Waals surface area contributed by atoms with Crippen LogP contribution in [-0.4, -0.2) is 36.2 Å². The van der Waals surface area contributed by atoms with E-state index in [4.69, 9.17) is 9.84 Å². The van der Waals surface area contributed by atoms with Crippen molar-refractivity contribution < 1.29 is 29.0 Å². The maximum atomic E-state index is 12.2. The topological polar surface area (TPSA) is 89.9 Å². The van der Waals surface area contributed by atoms with Crippen molar-refractivity contribution >= 4 is 17.9 Å². The second-order valence-corrected chi connectivity index (χ2v) is 5.99. The number of methoxy groups -OCH3 is 1. The lowest BCUT2D eigenvalue weighted by molar-refractivity contribution is -0.157. The quantitative estimate of drug-likeness (QED) is 0.627. The Morgan fingerprint density at radius 2 is 1.96 bits per heavy atom. The molecule has 1 saturated carbocycles. The largest absolute Gasteiger partial charge is 0.478 e. The molecule has 2 aliphatic carbocycles. The Labute approximate surface area is 141 Å². The predicted molar refractivity (Wildman–Crippen MR) is 88.1 cm³/mol. The molecule has 0 heterocycles. The van der Waals surface area contributed by atoms with Gasteiger partial charge in [-0.15, -0.1) is 0 Å². The predicted octanol–water partition coefficient (Wildman–Crippen LogP) is 2.79. The summed E-state index contributed by atoms with van der Waals surface area (Å²) in [6, 6.07) is 0. The molecule has 0 aromatic rings. The molecule has 1 unspecified atom stereocenters. The van der Waals surface area contributed by atoms with Crippen LogP contribution in [0.3, 0.4) is 0 Å². The summed E-state index contributed by atoms with van der Waals surface area (Å²) in [5.74, 6) is -1.67. The van der Waals surface area contributed by atoms with Gasteiger partial charge in [-0.05, 0) is 39.0 Å². The molecular formula is C18H24O6. The van der Waals surface area contributed by atoms with Gasteiger partial charge in [-0.3, -0.25) is 4.79 Å². The molecule has 2 aliphatic rings. The van der Waals surface area contributed by atoms with Gasteiger partial charge < -0.3 is 14.6 Å². The molecule has 0 aliphatic heterocycles. The zero-order valence-corrected chi connectivity index (χ0v) is 14.1. The molecular weight excluding hydrogens is 312 g/mol. The van der Waals surface area contributed by atoms with Gasteiger partial charge in [0.25, 0.3) is 0 Å². The number of esters is 2. The zero-order chi connectivity index (χ0) is 18.2. The van der Waals surface area contributed by atoms with E-state index in [0.717, 1.165) is 31.8 Å². The number of rotatable bonds is 4. The first-order valence-corrected chi connectivity index (χ1v) is 7.85. The number of allylic oxidation sites excluding steroid dienone is 2. The van der Waals surface area contributed by atoms with Crippen molar-refractivity contribution in [3.8, 4) is 0 Å². The van der Waals surface area contributed by atoms with E-state index in [-0.39, 0.29) is 24.1 Å². The molecule has 6 nitrogen and oxygen atoms in total. The Morgan fingerprint density at radius 3 is 2.42 bits per heavy atom. The summed E-state index contributed by atoms with van der Waals surface area (Å²) in [7, 11) is 1.31. The van der Waals surface area contributed by atoms with E-state index >= 15 is 0 Å². The fourth-order valence-corrected chi connectivity index (χ4v) is 2.55. The average Bonchev–Trinajstić information content (AvgIpc) is 3.07. The second-order valence-electron chi connectivity index (χ2n) is 5.99. The van der Waals surface area contributed by atoms with E-state index < -0.39 is 17.4 Å². The van der Waals surface area contributed by atoms with E-state index in [0.29, 0.717) is 0 Å². The highest BCUT2D eigenvalue weighted by atomic mass is 16.5. The Hall–Kier alpha value is -2.37. The third-order valence-corrected chi connectivity index (χ3v) is 4.00. The zero-order valence-electron chi connectivity index (χ0n) is 14.1. The fourth-order valence-electron chi connectivity index (χ4n) is 2.55. The number of carbonyl (C=O) groups is 3. The third-order valence-electron chi connectivity index (χ3n) is 4.00. The van der Waals surface area contributed by atoms with E-state index in [1.54, 1.807) is 19.1 Å².